The quantitative estimate of drug-likeness (QED) is 0.543. The predicted octanol–water partition coefficient (Wildman–Crippen LogP) is 2.60. The number of amides is 2. The van der Waals surface area contributed by atoms with E-state index in [2.05, 4.69) is 5.32 Å². The molecule has 1 N–H and O–H groups in total. The van der Waals surface area contributed by atoms with Crippen LogP contribution in [0.1, 0.15) is 41.9 Å². The highest BCUT2D eigenvalue weighted by molar-refractivity contribution is 5.99. The largest absolute Gasteiger partial charge is 0.497 e. The molecule has 2 aliphatic rings. The normalized spacial score (nSPS) is 17.9. The van der Waals surface area contributed by atoms with E-state index in [4.69, 9.17) is 4.74 Å². The highest BCUT2D eigenvalue weighted by Crippen LogP contribution is 2.31. The number of nitrogens with one attached hydrogen (secondary N) is 1. The molecule has 9 heteroatoms. The lowest BCUT2D eigenvalue weighted by Crippen LogP contribution is -2.47. The number of methoxy groups -OCH3 is 1. The van der Waals surface area contributed by atoms with Gasteiger partial charge in [0.2, 0.25) is 5.91 Å². The molecule has 3 heterocycles. The summed E-state index contributed by atoms with van der Waals surface area (Å²) in [5.41, 5.74) is 2.46. The number of carbonyl (C=O) groups is 2. The minimum absolute atomic E-state index is 0.00283. The maximum Gasteiger partial charge on any atom is 0.329 e. The molecule has 2 fully saturated rings. The summed E-state index contributed by atoms with van der Waals surface area (Å²) in [4.78, 5) is 44.4. The van der Waals surface area contributed by atoms with Gasteiger partial charge < -0.3 is 19.9 Å². The monoisotopic (exact) mass is 517 g/mol. The molecule has 3 aromatic rings. The van der Waals surface area contributed by atoms with E-state index < -0.39 is 0 Å². The molecular weight excluding hydrogens is 482 g/mol. The van der Waals surface area contributed by atoms with Gasteiger partial charge in [-0.15, -0.1) is 0 Å². The highest BCUT2D eigenvalue weighted by Gasteiger charge is 2.34. The van der Waals surface area contributed by atoms with Gasteiger partial charge in [-0.3, -0.25) is 18.7 Å². The van der Waals surface area contributed by atoms with Crippen molar-refractivity contribution in [2.24, 2.45) is 0 Å². The average molecular weight is 518 g/mol. The van der Waals surface area contributed by atoms with Crippen molar-refractivity contribution in [3.8, 4) is 17.0 Å². The number of nitrogens with zero attached hydrogens (tertiary/aromatic N) is 4. The number of carbonyl (C=O) groups excluding carboxylic acids is 2. The van der Waals surface area contributed by atoms with Gasteiger partial charge >= 0.3 is 5.69 Å². The first kappa shape index (κ1) is 25.8. The second kappa shape index (κ2) is 11.3. The fraction of sp³-hybridized carbons (Fsp3) is 0.414. The van der Waals surface area contributed by atoms with Gasteiger partial charge in [-0.2, -0.15) is 0 Å². The Labute approximate surface area is 222 Å². The van der Waals surface area contributed by atoms with Crippen molar-refractivity contribution in [2.45, 2.75) is 32.4 Å². The molecule has 200 valence electrons. The van der Waals surface area contributed by atoms with Gasteiger partial charge in [0, 0.05) is 51.8 Å². The zero-order chi connectivity index (χ0) is 26.6. The number of ether oxygens (including phenoxy) is 1. The number of hydrogen-bond acceptors (Lipinski definition) is 5. The standard InChI is InChI=1S/C29H35N5O4/c1-21(35)32-15-7-11-24(20-32)34-26(23-9-4-3-5-10-23)27(28(36)31-16-13-30-14-17-31)33(29(34)37)19-22-8-6-12-25(18-22)38-2/h3-6,8-10,12,18,24,30H,7,11,13-17,19-20H2,1-2H3. The fourth-order valence-electron chi connectivity index (χ4n) is 5.56. The van der Waals surface area contributed by atoms with E-state index in [0.29, 0.717) is 56.4 Å². The Bertz CT molecular complexity index is 1360. The van der Waals surface area contributed by atoms with Crippen LogP contribution >= 0.6 is 0 Å². The van der Waals surface area contributed by atoms with Crippen LogP contribution in [-0.2, 0) is 11.3 Å². The van der Waals surface area contributed by atoms with Crippen molar-refractivity contribution in [3.05, 3.63) is 76.3 Å². The zero-order valence-corrected chi connectivity index (χ0v) is 22.1. The lowest BCUT2D eigenvalue weighted by molar-refractivity contribution is -0.130. The Balaban J connectivity index is 1.71. The van der Waals surface area contributed by atoms with Crippen LogP contribution in [0.25, 0.3) is 11.3 Å². The Morgan fingerprint density at radius 3 is 2.47 bits per heavy atom. The van der Waals surface area contributed by atoms with Gasteiger partial charge in [0.1, 0.15) is 11.4 Å². The number of imidazole rings is 1. The molecule has 38 heavy (non-hydrogen) atoms. The molecule has 0 bridgehead atoms. The zero-order valence-electron chi connectivity index (χ0n) is 22.1. The van der Waals surface area contributed by atoms with Gasteiger partial charge in [-0.25, -0.2) is 4.79 Å². The van der Waals surface area contributed by atoms with Crippen LogP contribution < -0.4 is 15.7 Å². The van der Waals surface area contributed by atoms with Crippen LogP contribution in [0.2, 0.25) is 0 Å². The summed E-state index contributed by atoms with van der Waals surface area (Å²) in [7, 11) is 1.61. The molecule has 1 atom stereocenters. The Morgan fingerprint density at radius 1 is 1.00 bits per heavy atom. The number of benzene rings is 2. The van der Waals surface area contributed by atoms with Crippen molar-refractivity contribution < 1.29 is 14.3 Å². The number of aromatic nitrogens is 2. The first-order valence-corrected chi connectivity index (χ1v) is 13.3. The second-order valence-electron chi connectivity index (χ2n) is 9.96. The van der Waals surface area contributed by atoms with Crippen LogP contribution in [-0.4, -0.2) is 77.1 Å². The van der Waals surface area contributed by atoms with E-state index in [1.165, 1.54) is 0 Å². The maximum absolute atomic E-state index is 14.3. The van der Waals surface area contributed by atoms with Crippen molar-refractivity contribution in [1.29, 1.82) is 0 Å². The van der Waals surface area contributed by atoms with Crippen molar-refractivity contribution in [3.63, 3.8) is 0 Å². The minimum Gasteiger partial charge on any atom is -0.497 e. The third-order valence-electron chi connectivity index (χ3n) is 7.51. The van der Waals surface area contributed by atoms with Gasteiger partial charge in [-0.1, -0.05) is 42.5 Å². The number of hydrogen-bond donors (Lipinski definition) is 1. The van der Waals surface area contributed by atoms with E-state index in [-0.39, 0.29) is 30.1 Å². The van der Waals surface area contributed by atoms with E-state index in [0.717, 1.165) is 24.0 Å². The van der Waals surface area contributed by atoms with Crippen molar-refractivity contribution in [1.82, 2.24) is 24.3 Å². The van der Waals surface area contributed by atoms with E-state index >= 15 is 0 Å². The van der Waals surface area contributed by atoms with Crippen LogP contribution in [0.4, 0.5) is 0 Å². The number of piperidine rings is 1. The number of rotatable bonds is 6. The Morgan fingerprint density at radius 2 is 1.76 bits per heavy atom. The Hall–Kier alpha value is -3.85. The van der Waals surface area contributed by atoms with E-state index in [1.807, 2.05) is 59.5 Å². The van der Waals surface area contributed by atoms with E-state index in [9.17, 15) is 14.4 Å². The SMILES string of the molecule is COc1cccc(Cn2c(C(=O)N3CCNCC3)c(-c3ccccc3)n(C3CCCN(C(C)=O)C3)c2=O)c1. The van der Waals surface area contributed by atoms with Gasteiger partial charge in [0.25, 0.3) is 5.91 Å². The molecule has 0 saturated carbocycles. The van der Waals surface area contributed by atoms with Crippen molar-refractivity contribution in [2.75, 3.05) is 46.4 Å². The van der Waals surface area contributed by atoms with Crippen LogP contribution in [0.5, 0.6) is 5.75 Å². The molecule has 0 spiro atoms. The van der Waals surface area contributed by atoms with Crippen LogP contribution in [0.3, 0.4) is 0 Å². The fourth-order valence-corrected chi connectivity index (χ4v) is 5.56. The lowest BCUT2D eigenvalue weighted by atomic mass is 10.0. The van der Waals surface area contributed by atoms with Crippen molar-refractivity contribution >= 4 is 11.8 Å². The Kier molecular flexibility index (Phi) is 7.64. The first-order chi connectivity index (χ1) is 18.5. The smallest absolute Gasteiger partial charge is 0.329 e. The summed E-state index contributed by atoms with van der Waals surface area (Å²) < 4.78 is 8.81. The molecule has 2 saturated heterocycles. The predicted molar refractivity (Wildman–Crippen MR) is 146 cm³/mol. The molecule has 1 unspecified atom stereocenters. The maximum atomic E-state index is 14.3. The van der Waals surface area contributed by atoms with Gasteiger partial charge in [-0.05, 0) is 30.5 Å². The lowest BCUT2D eigenvalue weighted by Gasteiger charge is -2.33. The van der Waals surface area contributed by atoms with E-state index in [1.54, 1.807) is 28.1 Å². The summed E-state index contributed by atoms with van der Waals surface area (Å²) in [5, 5.41) is 3.30. The second-order valence-corrected chi connectivity index (χ2v) is 9.96. The molecular formula is C29H35N5O4. The molecule has 9 nitrogen and oxygen atoms in total. The average Bonchev–Trinajstić information content (AvgIpc) is 3.25. The molecule has 0 radical (unpaired) electrons. The van der Waals surface area contributed by atoms with Gasteiger partial charge in [0.15, 0.2) is 0 Å². The summed E-state index contributed by atoms with van der Waals surface area (Å²) in [6.45, 7) is 5.50. The minimum atomic E-state index is -0.236. The molecule has 0 aliphatic carbocycles. The summed E-state index contributed by atoms with van der Waals surface area (Å²) in [6.07, 6.45) is 1.56. The molecule has 2 aromatic carbocycles. The third-order valence-corrected chi connectivity index (χ3v) is 7.51. The van der Waals surface area contributed by atoms with Gasteiger partial charge in [0.05, 0.1) is 25.4 Å². The number of likely N-dealkylation sites (tertiary alicyclic amines) is 1. The topological polar surface area (TPSA) is 88.8 Å². The third kappa shape index (κ3) is 5.11. The molecule has 1 aromatic heterocycles. The molecule has 2 amide bonds. The summed E-state index contributed by atoms with van der Waals surface area (Å²) >= 11 is 0. The highest BCUT2D eigenvalue weighted by atomic mass is 16.5. The van der Waals surface area contributed by atoms with Crippen LogP contribution in [0, 0.1) is 0 Å². The molecule has 2 aliphatic heterocycles. The first-order valence-electron chi connectivity index (χ1n) is 13.3. The summed E-state index contributed by atoms with van der Waals surface area (Å²) in [6, 6.07) is 17.0. The summed E-state index contributed by atoms with van der Waals surface area (Å²) in [5.74, 6) is 0.540. The number of piperazine rings is 1. The molecule has 5 rings (SSSR count). The van der Waals surface area contributed by atoms with Crippen LogP contribution in [0.15, 0.2) is 59.4 Å².